The summed E-state index contributed by atoms with van der Waals surface area (Å²) in [6, 6.07) is 3.31. The number of nitrogens with one attached hydrogen (secondary N) is 1. The lowest BCUT2D eigenvalue weighted by Crippen LogP contribution is -2.41. The van der Waals surface area contributed by atoms with Crippen LogP contribution in [-0.2, 0) is 15.5 Å². The number of benzene rings is 1. The molecular weight excluding hydrogens is 346 g/mol. The van der Waals surface area contributed by atoms with E-state index >= 15 is 0 Å². The maximum atomic E-state index is 13.5. The van der Waals surface area contributed by atoms with Crippen molar-refractivity contribution in [1.82, 2.24) is 5.32 Å². The van der Waals surface area contributed by atoms with Gasteiger partial charge in [-0.05, 0) is 57.8 Å². The zero-order valence-electron chi connectivity index (χ0n) is 15.8. The first-order chi connectivity index (χ1) is 11.9. The molecule has 0 saturated carbocycles. The van der Waals surface area contributed by atoms with Gasteiger partial charge in [-0.1, -0.05) is 13.3 Å². The fourth-order valence-corrected chi connectivity index (χ4v) is 2.61. The van der Waals surface area contributed by atoms with Gasteiger partial charge in [0, 0.05) is 12.1 Å². The van der Waals surface area contributed by atoms with Crippen LogP contribution in [0.5, 0.6) is 0 Å². The smallest absolute Gasteiger partial charge is 0.399 e. The minimum absolute atomic E-state index is 0.152. The molecule has 1 aromatic rings. The molecule has 0 aromatic heterocycles. The second-order valence-electron chi connectivity index (χ2n) is 7.50. The van der Waals surface area contributed by atoms with Crippen molar-refractivity contribution in [2.24, 2.45) is 0 Å². The first kappa shape index (κ1) is 20.8. The van der Waals surface area contributed by atoms with Gasteiger partial charge in [-0.15, -0.1) is 0 Å². The average molecular weight is 371 g/mol. The van der Waals surface area contributed by atoms with Gasteiger partial charge in [0.25, 0.3) is 5.91 Å². The maximum absolute atomic E-state index is 13.5. The van der Waals surface area contributed by atoms with Gasteiger partial charge in [0.05, 0.1) is 16.8 Å². The summed E-state index contributed by atoms with van der Waals surface area (Å²) in [7, 11) is -1.19. The van der Waals surface area contributed by atoms with Gasteiger partial charge in [0.15, 0.2) is 0 Å². The summed E-state index contributed by atoms with van der Waals surface area (Å²) < 4.78 is 51.9. The van der Waals surface area contributed by atoms with Crippen LogP contribution in [0.2, 0.25) is 0 Å². The van der Waals surface area contributed by atoms with Gasteiger partial charge < -0.3 is 14.6 Å². The van der Waals surface area contributed by atoms with Crippen LogP contribution in [0.1, 0.15) is 63.4 Å². The van der Waals surface area contributed by atoms with E-state index in [9.17, 15) is 18.0 Å². The molecule has 1 aliphatic heterocycles. The zero-order chi connectivity index (χ0) is 19.8. The van der Waals surface area contributed by atoms with Crippen molar-refractivity contribution in [3.8, 4) is 0 Å². The summed E-state index contributed by atoms with van der Waals surface area (Å²) in [5, 5.41) is 2.71. The van der Waals surface area contributed by atoms with Gasteiger partial charge in [0.1, 0.15) is 0 Å². The molecule has 1 saturated heterocycles. The highest BCUT2D eigenvalue weighted by Crippen LogP contribution is 2.38. The van der Waals surface area contributed by atoms with Crippen LogP contribution in [-0.4, -0.2) is 30.8 Å². The number of hydrogen-bond donors (Lipinski definition) is 1. The Balaban J connectivity index is 2.39. The first-order valence-electron chi connectivity index (χ1n) is 8.74. The van der Waals surface area contributed by atoms with E-state index in [1.165, 1.54) is 12.1 Å². The average Bonchev–Trinajstić information content (AvgIpc) is 2.74. The summed E-state index contributed by atoms with van der Waals surface area (Å²) in [4.78, 5) is 12.2. The zero-order valence-corrected chi connectivity index (χ0v) is 15.8. The number of halogens is 3. The summed E-state index contributed by atoms with van der Waals surface area (Å²) >= 11 is 0. The molecule has 1 heterocycles. The molecule has 1 aliphatic rings. The van der Waals surface area contributed by atoms with Crippen LogP contribution in [0.25, 0.3) is 0 Å². The van der Waals surface area contributed by atoms with Crippen molar-refractivity contribution in [2.45, 2.75) is 64.8 Å². The highest BCUT2D eigenvalue weighted by atomic mass is 19.4. The topological polar surface area (TPSA) is 47.6 Å². The molecule has 2 rings (SSSR count). The third-order valence-corrected chi connectivity index (χ3v) is 4.94. The Morgan fingerprint density at radius 3 is 2.23 bits per heavy atom. The second kappa shape index (κ2) is 7.23. The fraction of sp³-hybridized carbons (Fsp3) is 0.611. The summed E-state index contributed by atoms with van der Waals surface area (Å²) in [5.41, 5.74) is -2.45. The van der Waals surface area contributed by atoms with Crippen LogP contribution >= 0.6 is 0 Å². The van der Waals surface area contributed by atoms with Crippen molar-refractivity contribution < 1.29 is 27.3 Å². The third-order valence-electron chi connectivity index (χ3n) is 4.94. The largest absolute Gasteiger partial charge is 0.495 e. The van der Waals surface area contributed by atoms with Crippen LogP contribution in [0, 0.1) is 0 Å². The van der Waals surface area contributed by atoms with E-state index in [2.05, 4.69) is 5.32 Å². The van der Waals surface area contributed by atoms with Crippen molar-refractivity contribution >= 4 is 18.5 Å². The minimum Gasteiger partial charge on any atom is -0.399 e. The molecule has 0 atom stereocenters. The van der Waals surface area contributed by atoms with E-state index in [1.54, 1.807) is 27.7 Å². The Bertz CT molecular complexity index is 658. The Kier molecular flexibility index (Phi) is 5.78. The number of amides is 1. The lowest BCUT2D eigenvalue weighted by molar-refractivity contribution is -0.136. The van der Waals surface area contributed by atoms with E-state index in [1.807, 2.05) is 6.92 Å². The Morgan fingerprint density at radius 1 is 1.15 bits per heavy atom. The quantitative estimate of drug-likeness (QED) is 0.636. The predicted molar refractivity (Wildman–Crippen MR) is 94.4 cm³/mol. The van der Waals surface area contributed by atoms with Crippen LogP contribution in [0.3, 0.4) is 0 Å². The van der Waals surface area contributed by atoms with E-state index in [-0.39, 0.29) is 11.0 Å². The van der Waals surface area contributed by atoms with E-state index < -0.39 is 36.0 Å². The van der Waals surface area contributed by atoms with Crippen LogP contribution in [0.15, 0.2) is 18.2 Å². The molecule has 1 aromatic carbocycles. The predicted octanol–water partition coefficient (Wildman–Crippen LogP) is 3.53. The number of carbonyl (C=O) groups excluding carboxylic acids is 1. The van der Waals surface area contributed by atoms with Gasteiger partial charge in [0.2, 0.25) is 0 Å². The monoisotopic (exact) mass is 371 g/mol. The molecule has 1 amide bonds. The lowest BCUT2D eigenvalue weighted by atomic mass is 9.75. The summed E-state index contributed by atoms with van der Waals surface area (Å²) in [6.07, 6.45) is -2.86. The number of hydrogen-bond acceptors (Lipinski definition) is 3. The molecule has 0 aliphatic carbocycles. The first-order valence-corrected chi connectivity index (χ1v) is 8.74. The highest BCUT2D eigenvalue weighted by molar-refractivity contribution is 6.62. The minimum atomic E-state index is -4.57. The number of rotatable bonds is 5. The van der Waals surface area contributed by atoms with Gasteiger partial charge >= 0.3 is 13.3 Å². The second-order valence-corrected chi connectivity index (χ2v) is 7.50. The van der Waals surface area contributed by atoms with E-state index in [4.69, 9.17) is 9.31 Å². The lowest BCUT2D eigenvalue weighted by Gasteiger charge is -2.32. The highest BCUT2D eigenvalue weighted by Gasteiger charge is 2.53. The van der Waals surface area contributed by atoms with Crippen molar-refractivity contribution in [2.75, 3.05) is 6.54 Å². The SMILES string of the molecule is CCCCNC(=O)c1ccc(C(F)(F)F)c(B2OC(C)(C)C(C)(C)O2)c1. The molecule has 0 bridgehead atoms. The molecule has 8 heteroatoms. The molecule has 144 valence electrons. The Labute approximate surface area is 152 Å². The molecule has 26 heavy (non-hydrogen) atoms. The molecule has 0 unspecified atom stereocenters. The number of alkyl halides is 3. The van der Waals surface area contributed by atoms with Crippen molar-refractivity contribution in [1.29, 1.82) is 0 Å². The molecule has 1 fully saturated rings. The van der Waals surface area contributed by atoms with Gasteiger partial charge in [-0.3, -0.25) is 4.79 Å². The van der Waals surface area contributed by atoms with Gasteiger partial charge in [-0.25, -0.2) is 0 Å². The van der Waals surface area contributed by atoms with Crippen molar-refractivity contribution in [3.63, 3.8) is 0 Å². The van der Waals surface area contributed by atoms with Crippen LogP contribution in [0.4, 0.5) is 13.2 Å². The van der Waals surface area contributed by atoms with Crippen LogP contribution < -0.4 is 10.8 Å². The summed E-state index contributed by atoms with van der Waals surface area (Å²) in [6.45, 7) is 9.52. The number of carbonyl (C=O) groups is 1. The Morgan fingerprint density at radius 2 is 1.73 bits per heavy atom. The molecule has 0 spiro atoms. The molecule has 0 radical (unpaired) electrons. The third kappa shape index (κ3) is 4.23. The molecule has 1 N–H and O–H groups in total. The Hall–Kier alpha value is -1.54. The standard InChI is InChI=1S/C18H25BF3NO3/c1-6-7-10-23-15(24)12-8-9-13(18(20,21)22)14(11-12)19-25-16(2,3)17(4,5)26-19/h8-9,11H,6-7,10H2,1-5H3,(H,23,24). The van der Waals surface area contributed by atoms with E-state index in [0.29, 0.717) is 6.54 Å². The molecular formula is C18H25BF3NO3. The normalized spacial score (nSPS) is 18.8. The summed E-state index contributed by atoms with van der Waals surface area (Å²) in [5.74, 6) is -0.412. The fourth-order valence-electron chi connectivity index (χ4n) is 2.61. The van der Waals surface area contributed by atoms with E-state index in [0.717, 1.165) is 18.9 Å². The maximum Gasteiger partial charge on any atom is 0.495 e. The number of unbranched alkanes of at least 4 members (excludes halogenated alkanes) is 1. The molecule has 4 nitrogen and oxygen atoms in total. The van der Waals surface area contributed by atoms with Crippen molar-refractivity contribution in [3.05, 3.63) is 29.3 Å². The van der Waals surface area contributed by atoms with Gasteiger partial charge in [-0.2, -0.15) is 13.2 Å².